The van der Waals surface area contributed by atoms with Crippen molar-refractivity contribution in [1.29, 1.82) is 0 Å². The van der Waals surface area contributed by atoms with Crippen LogP contribution in [0.25, 0.3) is 11.4 Å². The van der Waals surface area contributed by atoms with Gasteiger partial charge >= 0.3 is 0 Å². The summed E-state index contributed by atoms with van der Waals surface area (Å²) in [5, 5.41) is 4.23. The van der Waals surface area contributed by atoms with E-state index in [-0.39, 0.29) is 5.56 Å². The van der Waals surface area contributed by atoms with E-state index >= 15 is 0 Å². The Labute approximate surface area is 125 Å². The highest BCUT2D eigenvalue weighted by molar-refractivity contribution is 9.10. The molecule has 0 spiro atoms. The zero-order valence-corrected chi connectivity index (χ0v) is 13.0. The number of aromatic nitrogens is 4. The monoisotopic (exact) mass is 336 g/mol. The van der Waals surface area contributed by atoms with Crippen molar-refractivity contribution in [3.8, 4) is 11.4 Å². The van der Waals surface area contributed by atoms with Crippen LogP contribution >= 0.6 is 15.9 Å². The molecule has 2 aromatic rings. The predicted octanol–water partition coefficient (Wildman–Crippen LogP) is 3.07. The van der Waals surface area contributed by atoms with Gasteiger partial charge in [0.1, 0.15) is 10.3 Å². The maximum Gasteiger partial charge on any atom is 0.265 e. The van der Waals surface area contributed by atoms with E-state index in [2.05, 4.69) is 31.0 Å². The Morgan fingerprint density at radius 2 is 2.20 bits per heavy atom. The molecule has 1 aliphatic rings. The fraction of sp³-hybridized carbons (Fsp3) is 0.500. The van der Waals surface area contributed by atoms with Crippen molar-refractivity contribution in [1.82, 2.24) is 19.7 Å². The van der Waals surface area contributed by atoms with E-state index in [1.807, 2.05) is 17.8 Å². The summed E-state index contributed by atoms with van der Waals surface area (Å²) < 4.78 is 2.41. The summed E-state index contributed by atoms with van der Waals surface area (Å²) in [6.07, 6.45) is 8.31. The van der Waals surface area contributed by atoms with Gasteiger partial charge in [-0.15, -0.1) is 0 Å². The molecule has 2 heterocycles. The number of hydrogen-bond donors (Lipinski definition) is 1. The second kappa shape index (κ2) is 5.52. The van der Waals surface area contributed by atoms with Crippen LogP contribution in [0.3, 0.4) is 0 Å². The molecule has 2 aromatic heterocycles. The summed E-state index contributed by atoms with van der Waals surface area (Å²) in [5.41, 5.74) is 1.64. The molecule has 1 saturated carbocycles. The van der Waals surface area contributed by atoms with Gasteiger partial charge in [-0.3, -0.25) is 9.48 Å². The minimum Gasteiger partial charge on any atom is -0.305 e. The standard InChI is InChI=1S/C14H17BrN4O/c1-2-19-8-10(7-16-19)13-17-12(9-5-3-4-6-9)11(15)14(20)18-13/h7-9H,2-6H2,1H3,(H,17,18,20). The quantitative estimate of drug-likeness (QED) is 0.936. The predicted molar refractivity (Wildman–Crippen MR) is 80.7 cm³/mol. The molecule has 1 N–H and O–H groups in total. The van der Waals surface area contributed by atoms with Gasteiger partial charge < -0.3 is 4.98 Å². The molecule has 0 saturated heterocycles. The van der Waals surface area contributed by atoms with Gasteiger partial charge in [-0.2, -0.15) is 5.10 Å². The number of hydrogen-bond acceptors (Lipinski definition) is 3. The molecule has 0 atom stereocenters. The van der Waals surface area contributed by atoms with Crippen molar-refractivity contribution in [2.75, 3.05) is 0 Å². The Balaban J connectivity index is 2.05. The Morgan fingerprint density at radius 1 is 1.45 bits per heavy atom. The van der Waals surface area contributed by atoms with Crippen LogP contribution in [-0.4, -0.2) is 19.7 Å². The van der Waals surface area contributed by atoms with Gasteiger partial charge in [-0.05, 0) is 35.7 Å². The summed E-state index contributed by atoms with van der Waals surface area (Å²) in [7, 11) is 0. The third-order valence-electron chi connectivity index (χ3n) is 3.86. The van der Waals surface area contributed by atoms with Gasteiger partial charge in [0.2, 0.25) is 0 Å². The molecule has 1 aliphatic carbocycles. The zero-order chi connectivity index (χ0) is 14.1. The largest absolute Gasteiger partial charge is 0.305 e. The van der Waals surface area contributed by atoms with E-state index in [0.717, 1.165) is 30.6 Å². The molecule has 0 amide bonds. The van der Waals surface area contributed by atoms with Crippen molar-refractivity contribution in [2.24, 2.45) is 0 Å². The van der Waals surface area contributed by atoms with Crippen LogP contribution in [0.4, 0.5) is 0 Å². The van der Waals surface area contributed by atoms with E-state index in [0.29, 0.717) is 16.2 Å². The average molecular weight is 337 g/mol. The summed E-state index contributed by atoms with van der Waals surface area (Å²) in [6.45, 7) is 2.83. The lowest BCUT2D eigenvalue weighted by Crippen LogP contribution is -2.15. The van der Waals surface area contributed by atoms with E-state index in [4.69, 9.17) is 0 Å². The number of rotatable bonds is 3. The lowest BCUT2D eigenvalue weighted by atomic mass is 10.0. The number of H-pyrrole nitrogens is 1. The number of nitrogens with one attached hydrogen (secondary N) is 1. The van der Waals surface area contributed by atoms with Crippen molar-refractivity contribution in [3.63, 3.8) is 0 Å². The molecule has 106 valence electrons. The second-order valence-electron chi connectivity index (χ2n) is 5.18. The molecule has 5 nitrogen and oxygen atoms in total. The van der Waals surface area contributed by atoms with E-state index in [9.17, 15) is 4.79 Å². The summed E-state index contributed by atoms with van der Waals surface area (Å²) in [6, 6.07) is 0. The number of halogens is 1. The molecule has 0 radical (unpaired) electrons. The maximum atomic E-state index is 12.1. The highest BCUT2D eigenvalue weighted by Crippen LogP contribution is 2.35. The van der Waals surface area contributed by atoms with E-state index in [1.165, 1.54) is 12.8 Å². The summed E-state index contributed by atoms with van der Waals surface area (Å²) >= 11 is 3.39. The molecule has 6 heteroatoms. The van der Waals surface area contributed by atoms with Crippen LogP contribution in [0.5, 0.6) is 0 Å². The van der Waals surface area contributed by atoms with Gasteiger partial charge in [0, 0.05) is 18.7 Å². The van der Waals surface area contributed by atoms with Gasteiger partial charge in [-0.25, -0.2) is 4.98 Å². The highest BCUT2D eigenvalue weighted by Gasteiger charge is 2.23. The Bertz CT molecular complexity index is 670. The van der Waals surface area contributed by atoms with Gasteiger partial charge in [0.05, 0.1) is 17.5 Å². The molecule has 1 fully saturated rings. The SMILES string of the molecule is CCn1cc(-c2nc(C3CCCC3)c(Br)c(=O)[nH]2)cn1. The van der Waals surface area contributed by atoms with Crippen LogP contribution in [0, 0.1) is 0 Å². The third kappa shape index (κ3) is 2.44. The van der Waals surface area contributed by atoms with Crippen molar-refractivity contribution < 1.29 is 0 Å². The average Bonchev–Trinajstić information content (AvgIpc) is 3.11. The van der Waals surface area contributed by atoms with Crippen LogP contribution in [0.1, 0.15) is 44.2 Å². The molecular weight excluding hydrogens is 320 g/mol. The smallest absolute Gasteiger partial charge is 0.265 e. The van der Waals surface area contributed by atoms with Crippen molar-refractivity contribution in [2.45, 2.75) is 45.1 Å². The summed E-state index contributed by atoms with van der Waals surface area (Å²) in [4.78, 5) is 19.6. The minimum absolute atomic E-state index is 0.110. The first-order chi connectivity index (χ1) is 9.69. The molecule has 0 unspecified atom stereocenters. The number of aromatic amines is 1. The first-order valence-electron chi connectivity index (χ1n) is 7.01. The molecule has 20 heavy (non-hydrogen) atoms. The first-order valence-corrected chi connectivity index (χ1v) is 7.81. The van der Waals surface area contributed by atoms with Gasteiger partial charge in [0.25, 0.3) is 5.56 Å². The summed E-state index contributed by atoms with van der Waals surface area (Å²) in [5.74, 6) is 1.01. The normalized spacial score (nSPS) is 15.9. The van der Waals surface area contributed by atoms with Crippen LogP contribution < -0.4 is 5.56 Å². The second-order valence-corrected chi connectivity index (χ2v) is 5.97. The molecule has 3 rings (SSSR count). The minimum atomic E-state index is -0.110. The van der Waals surface area contributed by atoms with Gasteiger partial charge in [0.15, 0.2) is 0 Å². The van der Waals surface area contributed by atoms with E-state index < -0.39 is 0 Å². The topological polar surface area (TPSA) is 63.6 Å². The van der Waals surface area contributed by atoms with E-state index in [1.54, 1.807) is 6.20 Å². The molecule has 0 aliphatic heterocycles. The Morgan fingerprint density at radius 3 is 2.85 bits per heavy atom. The van der Waals surface area contributed by atoms with Crippen LogP contribution in [0.2, 0.25) is 0 Å². The Kier molecular flexibility index (Phi) is 3.74. The molecule has 0 bridgehead atoms. The third-order valence-corrected chi connectivity index (χ3v) is 4.63. The highest BCUT2D eigenvalue weighted by atomic mass is 79.9. The zero-order valence-electron chi connectivity index (χ0n) is 11.4. The molecular formula is C14H17BrN4O. The number of aryl methyl sites for hydroxylation is 1. The first kappa shape index (κ1) is 13.5. The van der Waals surface area contributed by atoms with Crippen LogP contribution in [0.15, 0.2) is 21.7 Å². The fourth-order valence-corrected chi connectivity index (χ4v) is 3.25. The van der Waals surface area contributed by atoms with Gasteiger partial charge in [-0.1, -0.05) is 12.8 Å². The lowest BCUT2D eigenvalue weighted by molar-refractivity contribution is 0.660. The molecule has 0 aromatic carbocycles. The Hall–Kier alpha value is -1.43. The fourth-order valence-electron chi connectivity index (χ4n) is 2.74. The lowest BCUT2D eigenvalue weighted by Gasteiger charge is -2.11. The maximum absolute atomic E-state index is 12.1. The van der Waals surface area contributed by atoms with Crippen molar-refractivity contribution in [3.05, 3.63) is 32.9 Å². The van der Waals surface area contributed by atoms with Crippen molar-refractivity contribution >= 4 is 15.9 Å². The number of nitrogens with zero attached hydrogens (tertiary/aromatic N) is 3. The van der Waals surface area contributed by atoms with Crippen LogP contribution in [-0.2, 0) is 6.54 Å².